The summed E-state index contributed by atoms with van der Waals surface area (Å²) >= 11 is 0. The molecule has 8 nitrogen and oxygen atoms in total. The van der Waals surface area contributed by atoms with Gasteiger partial charge in [-0.25, -0.2) is 9.78 Å². The van der Waals surface area contributed by atoms with Crippen LogP contribution >= 0.6 is 0 Å². The van der Waals surface area contributed by atoms with Gasteiger partial charge in [0.1, 0.15) is 11.5 Å². The van der Waals surface area contributed by atoms with Gasteiger partial charge in [0.25, 0.3) is 0 Å². The molecule has 0 bridgehead atoms. The van der Waals surface area contributed by atoms with E-state index in [-0.39, 0.29) is 29.8 Å². The molecule has 1 aliphatic carbocycles. The second-order valence-electron chi connectivity index (χ2n) is 5.58. The first-order valence-corrected chi connectivity index (χ1v) is 6.88. The fourth-order valence-electron chi connectivity index (χ4n) is 2.75. The van der Waals surface area contributed by atoms with Crippen LogP contribution in [-0.2, 0) is 15.1 Å². The number of hydrogen-bond donors (Lipinski definition) is 4. The normalized spacial score (nSPS) is 23.2. The number of aromatic amines is 1. The van der Waals surface area contributed by atoms with Gasteiger partial charge in [0.2, 0.25) is 11.8 Å². The van der Waals surface area contributed by atoms with E-state index in [1.54, 1.807) is 0 Å². The molecule has 8 heteroatoms. The highest BCUT2D eigenvalue weighted by atomic mass is 16.4. The molecule has 1 saturated heterocycles. The van der Waals surface area contributed by atoms with Gasteiger partial charge in [-0.3, -0.25) is 9.59 Å². The van der Waals surface area contributed by atoms with Crippen molar-refractivity contribution in [2.45, 2.75) is 31.2 Å². The molecule has 21 heavy (non-hydrogen) atoms. The van der Waals surface area contributed by atoms with Crippen LogP contribution in [0, 0.1) is 5.92 Å². The van der Waals surface area contributed by atoms with E-state index in [1.807, 2.05) is 0 Å². The number of H-pyrrole nitrogens is 1. The van der Waals surface area contributed by atoms with Gasteiger partial charge in [0.05, 0.1) is 17.7 Å². The molecule has 4 N–H and O–H groups in total. The van der Waals surface area contributed by atoms with Crippen LogP contribution < -0.4 is 10.6 Å². The lowest BCUT2D eigenvalue weighted by Crippen LogP contribution is -2.53. The van der Waals surface area contributed by atoms with Crippen LogP contribution in [0.5, 0.6) is 0 Å². The van der Waals surface area contributed by atoms with E-state index >= 15 is 0 Å². The lowest BCUT2D eigenvalue weighted by atomic mass is 9.75. The molecule has 1 atom stereocenters. The van der Waals surface area contributed by atoms with Gasteiger partial charge in [-0.2, -0.15) is 0 Å². The summed E-state index contributed by atoms with van der Waals surface area (Å²) in [6, 6.07) is 0. The van der Waals surface area contributed by atoms with Gasteiger partial charge in [0, 0.05) is 13.0 Å². The molecule has 1 aliphatic heterocycles. The van der Waals surface area contributed by atoms with Crippen molar-refractivity contribution in [3.8, 4) is 0 Å². The smallest absolute Gasteiger partial charge is 0.353 e. The minimum absolute atomic E-state index is 0.00300. The van der Waals surface area contributed by atoms with Crippen molar-refractivity contribution in [3.63, 3.8) is 0 Å². The molecule has 1 saturated carbocycles. The van der Waals surface area contributed by atoms with Crippen LogP contribution in [0.25, 0.3) is 0 Å². The van der Waals surface area contributed by atoms with Gasteiger partial charge in [-0.15, -0.1) is 0 Å². The van der Waals surface area contributed by atoms with Crippen molar-refractivity contribution in [1.29, 1.82) is 0 Å². The topological polar surface area (TPSA) is 124 Å². The van der Waals surface area contributed by atoms with E-state index in [0.29, 0.717) is 25.2 Å². The Morgan fingerprint density at radius 1 is 1.43 bits per heavy atom. The molecule has 2 aliphatic rings. The molecular formula is C13H16N4O4. The second-order valence-corrected chi connectivity index (χ2v) is 5.58. The van der Waals surface area contributed by atoms with E-state index in [2.05, 4.69) is 20.6 Å². The number of carboxylic acids is 1. The van der Waals surface area contributed by atoms with Crippen LogP contribution in [0.15, 0.2) is 6.20 Å². The molecule has 2 heterocycles. The van der Waals surface area contributed by atoms with Gasteiger partial charge in [-0.1, -0.05) is 0 Å². The average molecular weight is 292 g/mol. The molecule has 1 aromatic rings. The highest BCUT2D eigenvalue weighted by Gasteiger charge is 2.44. The fraction of sp³-hybridized carbons (Fsp3) is 0.538. The maximum absolute atomic E-state index is 12.3. The Hall–Kier alpha value is -2.38. The van der Waals surface area contributed by atoms with Crippen LogP contribution in [0.1, 0.15) is 42.0 Å². The minimum atomic E-state index is -1.08. The summed E-state index contributed by atoms with van der Waals surface area (Å²) in [6.07, 6.45) is 3.80. The number of aromatic nitrogens is 2. The summed E-state index contributed by atoms with van der Waals surface area (Å²) in [5.41, 5.74) is -0.626. The fourth-order valence-corrected chi connectivity index (χ4v) is 2.75. The zero-order valence-corrected chi connectivity index (χ0v) is 11.3. The number of carbonyl (C=O) groups is 3. The second kappa shape index (κ2) is 4.87. The van der Waals surface area contributed by atoms with Crippen molar-refractivity contribution in [1.82, 2.24) is 20.6 Å². The lowest BCUT2D eigenvalue weighted by molar-refractivity contribution is -0.129. The molecule has 0 radical (unpaired) electrons. The molecule has 1 unspecified atom stereocenters. The Bertz CT molecular complexity index is 605. The molecule has 1 aromatic heterocycles. The Labute approximate surface area is 120 Å². The highest BCUT2D eigenvalue weighted by Crippen LogP contribution is 2.40. The van der Waals surface area contributed by atoms with Crippen molar-refractivity contribution in [2.75, 3.05) is 6.54 Å². The Kier molecular flexibility index (Phi) is 3.15. The molecule has 112 valence electrons. The van der Waals surface area contributed by atoms with Crippen molar-refractivity contribution in [3.05, 3.63) is 17.7 Å². The zero-order chi connectivity index (χ0) is 15.0. The number of carboxylic acid groups (broad SMARTS) is 1. The van der Waals surface area contributed by atoms with Gasteiger partial charge in [0.15, 0.2) is 0 Å². The maximum Gasteiger partial charge on any atom is 0.353 e. The Morgan fingerprint density at radius 3 is 2.67 bits per heavy atom. The highest BCUT2D eigenvalue weighted by molar-refractivity contribution is 5.89. The molecule has 3 rings (SSSR count). The average Bonchev–Trinajstić information content (AvgIpc) is 3.02. The van der Waals surface area contributed by atoms with Crippen LogP contribution in [0.4, 0.5) is 0 Å². The van der Waals surface area contributed by atoms with E-state index in [1.165, 1.54) is 6.20 Å². The summed E-state index contributed by atoms with van der Waals surface area (Å²) in [5.74, 6) is -1.30. The van der Waals surface area contributed by atoms with Crippen LogP contribution in [-0.4, -0.2) is 39.4 Å². The first-order chi connectivity index (χ1) is 10.00. The standard InChI is InChI=1S/C13H16N4O4/c18-9-4-7(5-14-9)10(19)17-13(2-1-3-13)12-15-6-8(16-12)11(20)21/h6-7H,1-5H2,(H,14,18)(H,15,16)(H,17,19)(H,20,21). The van der Waals surface area contributed by atoms with Crippen molar-refractivity contribution >= 4 is 17.8 Å². The molecular weight excluding hydrogens is 276 g/mol. The van der Waals surface area contributed by atoms with Crippen molar-refractivity contribution in [2.24, 2.45) is 5.92 Å². The number of rotatable bonds is 4. The Morgan fingerprint density at radius 2 is 2.19 bits per heavy atom. The predicted octanol–water partition coefficient (Wildman–Crippen LogP) is -0.261. The lowest BCUT2D eigenvalue weighted by Gasteiger charge is -2.41. The molecule has 0 spiro atoms. The summed E-state index contributed by atoms with van der Waals surface area (Å²) in [5, 5.41) is 14.5. The van der Waals surface area contributed by atoms with E-state index in [9.17, 15) is 14.4 Å². The number of nitrogens with zero attached hydrogens (tertiary/aromatic N) is 1. The number of carbonyl (C=O) groups excluding carboxylic acids is 2. The number of hydrogen-bond acceptors (Lipinski definition) is 4. The first kappa shape index (κ1) is 13.6. The van der Waals surface area contributed by atoms with Crippen LogP contribution in [0.2, 0.25) is 0 Å². The Balaban J connectivity index is 1.75. The van der Waals surface area contributed by atoms with Gasteiger partial charge in [-0.05, 0) is 19.3 Å². The summed E-state index contributed by atoms with van der Waals surface area (Å²) in [7, 11) is 0. The van der Waals surface area contributed by atoms with E-state index < -0.39 is 11.5 Å². The minimum Gasteiger partial charge on any atom is -0.477 e. The summed E-state index contributed by atoms with van der Waals surface area (Å²) in [6.45, 7) is 0.347. The maximum atomic E-state index is 12.3. The quantitative estimate of drug-likeness (QED) is 0.608. The SMILES string of the molecule is O=C1CC(C(=O)NC2(c3ncc(C(=O)O)[nH]3)CCC2)CN1. The van der Waals surface area contributed by atoms with E-state index in [0.717, 1.165) is 6.42 Å². The van der Waals surface area contributed by atoms with Gasteiger partial charge >= 0.3 is 5.97 Å². The summed E-state index contributed by atoms with van der Waals surface area (Å²) in [4.78, 5) is 41.2. The third-order valence-electron chi connectivity index (χ3n) is 4.18. The first-order valence-electron chi connectivity index (χ1n) is 6.88. The third-order valence-corrected chi connectivity index (χ3v) is 4.18. The molecule has 0 aromatic carbocycles. The van der Waals surface area contributed by atoms with E-state index in [4.69, 9.17) is 5.11 Å². The number of nitrogens with one attached hydrogen (secondary N) is 3. The van der Waals surface area contributed by atoms with Crippen LogP contribution in [0.3, 0.4) is 0 Å². The number of aromatic carboxylic acids is 1. The number of imidazole rings is 1. The summed E-state index contributed by atoms with van der Waals surface area (Å²) < 4.78 is 0. The zero-order valence-electron chi connectivity index (χ0n) is 11.3. The largest absolute Gasteiger partial charge is 0.477 e. The predicted molar refractivity (Wildman–Crippen MR) is 70.3 cm³/mol. The van der Waals surface area contributed by atoms with Crippen molar-refractivity contribution < 1.29 is 19.5 Å². The van der Waals surface area contributed by atoms with Gasteiger partial charge < -0.3 is 20.7 Å². The molecule has 2 amide bonds. The third kappa shape index (κ3) is 2.37. The number of amides is 2. The molecule has 2 fully saturated rings. The monoisotopic (exact) mass is 292 g/mol.